The smallest absolute Gasteiger partial charge is 0.265 e. The van der Waals surface area contributed by atoms with Gasteiger partial charge in [0.15, 0.2) is 11.9 Å². The number of Topliss-reactive ketones (excluding diaryl/α,β-unsaturated/α-hetero) is 1. The van der Waals surface area contributed by atoms with E-state index in [2.05, 4.69) is 5.32 Å². The Labute approximate surface area is 97.8 Å². The van der Waals surface area contributed by atoms with Crippen molar-refractivity contribution >= 4 is 23.7 Å². The first-order valence-electron chi connectivity index (χ1n) is 5.20. The second-order valence-electron chi connectivity index (χ2n) is 3.75. The van der Waals surface area contributed by atoms with Crippen LogP contribution in [-0.4, -0.2) is 24.1 Å². The number of hydrogen-bond acceptors (Lipinski definition) is 4. The maximum Gasteiger partial charge on any atom is 0.265 e. The van der Waals surface area contributed by atoms with E-state index < -0.39 is 6.10 Å². The molecule has 0 bridgehead atoms. The summed E-state index contributed by atoms with van der Waals surface area (Å²) < 4.78 is 5.35. The molecule has 1 aromatic rings. The predicted octanol–water partition coefficient (Wildman–Crippen LogP) is 1.18. The van der Waals surface area contributed by atoms with Crippen LogP contribution in [-0.2, 0) is 9.59 Å². The highest BCUT2D eigenvalue weighted by atomic mass is 16.5. The lowest BCUT2D eigenvalue weighted by Crippen LogP contribution is -2.34. The van der Waals surface area contributed by atoms with Crippen molar-refractivity contribution in [3.05, 3.63) is 23.8 Å². The van der Waals surface area contributed by atoms with Gasteiger partial charge in [-0.25, -0.2) is 0 Å². The minimum Gasteiger partial charge on any atom is -0.479 e. The summed E-state index contributed by atoms with van der Waals surface area (Å²) in [6.45, 7) is 1.64. The average molecular weight is 233 g/mol. The van der Waals surface area contributed by atoms with Crippen LogP contribution in [0.4, 0.5) is 5.69 Å². The van der Waals surface area contributed by atoms with Crippen molar-refractivity contribution in [1.82, 2.24) is 0 Å². The van der Waals surface area contributed by atoms with Gasteiger partial charge < -0.3 is 14.8 Å². The summed E-state index contributed by atoms with van der Waals surface area (Å²) in [6.07, 6.45) is -0.151. The van der Waals surface area contributed by atoms with Gasteiger partial charge in [0.1, 0.15) is 12.0 Å². The van der Waals surface area contributed by atoms with E-state index >= 15 is 0 Å². The molecular formula is C12H11NO4. The van der Waals surface area contributed by atoms with E-state index in [1.165, 1.54) is 6.07 Å². The molecule has 1 aliphatic heterocycles. The number of nitrogens with one attached hydrogen (secondary N) is 1. The number of ketones is 1. The lowest BCUT2D eigenvalue weighted by atomic mass is 10.1. The van der Waals surface area contributed by atoms with Crippen molar-refractivity contribution < 1.29 is 19.1 Å². The van der Waals surface area contributed by atoms with E-state index in [-0.39, 0.29) is 18.1 Å². The Hall–Kier alpha value is -2.17. The van der Waals surface area contributed by atoms with Crippen LogP contribution in [0.2, 0.25) is 0 Å². The first-order valence-corrected chi connectivity index (χ1v) is 5.20. The summed E-state index contributed by atoms with van der Waals surface area (Å²) in [5.74, 6) is -0.00656. The molecule has 0 saturated heterocycles. The third-order valence-corrected chi connectivity index (χ3v) is 2.50. The average Bonchev–Trinajstić information content (AvgIpc) is 2.30. The number of carbonyl (C=O) groups is 3. The van der Waals surface area contributed by atoms with Gasteiger partial charge in [0, 0.05) is 5.56 Å². The number of anilines is 1. The second-order valence-corrected chi connectivity index (χ2v) is 3.75. The van der Waals surface area contributed by atoms with Gasteiger partial charge in [0.2, 0.25) is 0 Å². The highest BCUT2D eigenvalue weighted by Crippen LogP contribution is 2.30. The van der Waals surface area contributed by atoms with Crippen LogP contribution in [0.25, 0.3) is 0 Å². The zero-order valence-corrected chi connectivity index (χ0v) is 9.23. The fourth-order valence-corrected chi connectivity index (χ4v) is 1.58. The van der Waals surface area contributed by atoms with Gasteiger partial charge in [-0.3, -0.25) is 9.59 Å². The maximum atomic E-state index is 11.5. The van der Waals surface area contributed by atoms with Gasteiger partial charge >= 0.3 is 0 Å². The molecule has 0 aliphatic carbocycles. The largest absolute Gasteiger partial charge is 0.479 e. The standard InChI is InChI=1S/C12H11NO4/c1-7-12(16)13-9-6-8(10(15)4-5-14)2-3-11(9)17-7/h2-3,5-7H,4H2,1H3,(H,13,16). The summed E-state index contributed by atoms with van der Waals surface area (Å²) in [6, 6.07) is 4.71. The first-order chi connectivity index (χ1) is 8.11. The quantitative estimate of drug-likeness (QED) is 0.483. The van der Waals surface area contributed by atoms with Gasteiger partial charge in [-0.2, -0.15) is 0 Å². The predicted molar refractivity (Wildman–Crippen MR) is 60.2 cm³/mol. The van der Waals surface area contributed by atoms with E-state index in [9.17, 15) is 14.4 Å². The van der Waals surface area contributed by atoms with Crippen molar-refractivity contribution in [2.75, 3.05) is 5.32 Å². The van der Waals surface area contributed by atoms with Crippen LogP contribution >= 0.6 is 0 Å². The molecule has 1 aromatic carbocycles. The Kier molecular flexibility index (Phi) is 2.91. The van der Waals surface area contributed by atoms with Gasteiger partial charge in [-0.1, -0.05) is 0 Å². The van der Waals surface area contributed by atoms with Crippen LogP contribution in [0.3, 0.4) is 0 Å². The molecule has 2 rings (SSSR count). The Morgan fingerprint density at radius 1 is 1.53 bits per heavy atom. The number of ether oxygens (including phenoxy) is 1. The fraction of sp³-hybridized carbons (Fsp3) is 0.250. The summed E-state index contributed by atoms with van der Waals surface area (Å²) in [5.41, 5.74) is 0.846. The van der Waals surface area contributed by atoms with Crippen LogP contribution in [0.1, 0.15) is 23.7 Å². The Bertz CT molecular complexity index is 495. The molecule has 0 aromatic heterocycles. The molecule has 88 valence electrons. The molecule has 17 heavy (non-hydrogen) atoms. The van der Waals surface area contributed by atoms with Crippen LogP contribution < -0.4 is 10.1 Å². The van der Waals surface area contributed by atoms with E-state index in [1.54, 1.807) is 19.1 Å². The minimum atomic E-state index is -0.543. The summed E-state index contributed by atoms with van der Waals surface area (Å²) in [4.78, 5) is 33.1. The Morgan fingerprint density at radius 3 is 3.00 bits per heavy atom. The SMILES string of the molecule is CC1Oc2ccc(C(=O)CC=O)cc2NC1=O. The molecule has 1 N–H and O–H groups in total. The summed E-state index contributed by atoms with van der Waals surface area (Å²) in [7, 11) is 0. The number of fused-ring (bicyclic) bond motifs is 1. The van der Waals surface area contributed by atoms with Crippen LogP contribution in [0.5, 0.6) is 5.75 Å². The molecular weight excluding hydrogens is 222 g/mol. The Morgan fingerprint density at radius 2 is 2.29 bits per heavy atom. The molecule has 1 unspecified atom stereocenters. The number of hydrogen-bond donors (Lipinski definition) is 1. The van der Waals surface area contributed by atoms with E-state index in [4.69, 9.17) is 4.74 Å². The third-order valence-electron chi connectivity index (χ3n) is 2.50. The minimum absolute atomic E-state index is 0.163. The molecule has 0 saturated carbocycles. The first kappa shape index (κ1) is 11.3. The zero-order valence-electron chi connectivity index (χ0n) is 9.23. The highest BCUT2D eigenvalue weighted by molar-refractivity contribution is 6.05. The number of carbonyl (C=O) groups excluding carboxylic acids is 3. The van der Waals surface area contributed by atoms with Gasteiger partial charge in [0.25, 0.3) is 5.91 Å². The second kappa shape index (κ2) is 4.37. The third kappa shape index (κ3) is 2.18. The topological polar surface area (TPSA) is 72.5 Å². The monoisotopic (exact) mass is 233 g/mol. The highest BCUT2D eigenvalue weighted by Gasteiger charge is 2.24. The van der Waals surface area contributed by atoms with Crippen molar-refractivity contribution in [3.63, 3.8) is 0 Å². The van der Waals surface area contributed by atoms with Gasteiger partial charge in [0.05, 0.1) is 12.1 Å². The number of amides is 1. The van der Waals surface area contributed by atoms with Gasteiger partial charge in [-0.05, 0) is 25.1 Å². The van der Waals surface area contributed by atoms with Crippen LogP contribution in [0.15, 0.2) is 18.2 Å². The normalized spacial score (nSPS) is 17.7. The number of benzene rings is 1. The molecule has 1 atom stereocenters. The number of aldehydes is 1. The lowest BCUT2D eigenvalue weighted by Gasteiger charge is -2.23. The zero-order chi connectivity index (χ0) is 12.4. The molecule has 5 nitrogen and oxygen atoms in total. The summed E-state index contributed by atoms with van der Waals surface area (Å²) >= 11 is 0. The molecule has 1 heterocycles. The van der Waals surface area contributed by atoms with Gasteiger partial charge in [-0.15, -0.1) is 0 Å². The van der Waals surface area contributed by atoms with Crippen molar-refractivity contribution in [2.45, 2.75) is 19.4 Å². The van der Waals surface area contributed by atoms with Crippen molar-refractivity contribution in [1.29, 1.82) is 0 Å². The summed E-state index contributed by atoms with van der Waals surface area (Å²) in [5, 5.41) is 2.64. The molecule has 1 aliphatic rings. The van der Waals surface area contributed by atoms with Crippen LogP contribution in [0, 0.1) is 0 Å². The molecule has 0 radical (unpaired) electrons. The van der Waals surface area contributed by atoms with E-state index in [1.807, 2.05) is 0 Å². The molecule has 5 heteroatoms. The van der Waals surface area contributed by atoms with E-state index in [0.29, 0.717) is 23.3 Å². The molecule has 1 amide bonds. The van der Waals surface area contributed by atoms with Crippen molar-refractivity contribution in [2.24, 2.45) is 0 Å². The lowest BCUT2D eigenvalue weighted by molar-refractivity contribution is -0.122. The fourth-order valence-electron chi connectivity index (χ4n) is 1.58. The maximum absolute atomic E-state index is 11.5. The molecule has 0 spiro atoms. The van der Waals surface area contributed by atoms with Crippen molar-refractivity contribution in [3.8, 4) is 5.75 Å². The number of rotatable bonds is 3. The molecule has 0 fully saturated rings. The van der Waals surface area contributed by atoms with E-state index in [0.717, 1.165) is 0 Å². The Balaban J connectivity index is 2.31.